The molecule has 0 aliphatic heterocycles. The number of hydrogen-bond acceptors (Lipinski definition) is 5. The Kier molecular flexibility index (Phi) is 6.43. The maximum absolute atomic E-state index is 12.8. The van der Waals surface area contributed by atoms with Crippen molar-refractivity contribution in [3.63, 3.8) is 0 Å². The van der Waals surface area contributed by atoms with Gasteiger partial charge in [0.15, 0.2) is 0 Å². The molecule has 2 aromatic carbocycles. The van der Waals surface area contributed by atoms with Crippen LogP contribution in [0.2, 0.25) is 0 Å². The average molecular weight is 435 g/mol. The van der Waals surface area contributed by atoms with Crippen LogP contribution in [0.1, 0.15) is 68.2 Å². The number of nitrogens with zero attached hydrogens (tertiary/aromatic N) is 3. The van der Waals surface area contributed by atoms with Crippen molar-refractivity contribution in [2.24, 2.45) is 0 Å². The third-order valence-corrected chi connectivity index (χ3v) is 5.44. The Hall–Kier alpha value is -4.49. The summed E-state index contributed by atoms with van der Waals surface area (Å²) in [6.07, 6.45) is 2.75. The molecular weight excluding hydrogens is 414 g/mol. The van der Waals surface area contributed by atoms with Crippen molar-refractivity contribution in [1.29, 1.82) is 5.26 Å². The van der Waals surface area contributed by atoms with Gasteiger partial charge in [0, 0.05) is 18.2 Å². The highest BCUT2D eigenvalue weighted by Gasteiger charge is 2.25. The highest BCUT2D eigenvalue weighted by atomic mass is 16.2. The lowest BCUT2D eigenvalue weighted by molar-refractivity contribution is 0.0931. The smallest absolute Gasteiger partial charge is 0.270 e. The van der Waals surface area contributed by atoms with Crippen LogP contribution in [0.3, 0.4) is 0 Å². The molecule has 1 heterocycles. The second kappa shape index (κ2) is 9.76. The number of fused-ring (bicyclic) bond motifs is 1. The molecule has 162 valence electrons. The van der Waals surface area contributed by atoms with Gasteiger partial charge in [-0.15, -0.1) is 5.92 Å². The minimum atomic E-state index is -0.395. The number of hydrogen-bond donors (Lipinski definition) is 2. The van der Waals surface area contributed by atoms with E-state index in [1.165, 1.54) is 12.4 Å². The molecule has 0 spiro atoms. The summed E-state index contributed by atoms with van der Waals surface area (Å²) in [6.45, 7) is 2.08. The van der Waals surface area contributed by atoms with E-state index >= 15 is 0 Å². The van der Waals surface area contributed by atoms with Gasteiger partial charge in [0.25, 0.3) is 11.8 Å². The molecular formula is C26H21N5O2. The van der Waals surface area contributed by atoms with Gasteiger partial charge >= 0.3 is 0 Å². The van der Waals surface area contributed by atoms with Crippen molar-refractivity contribution in [3.8, 4) is 17.9 Å². The third-order valence-electron chi connectivity index (χ3n) is 5.44. The monoisotopic (exact) mass is 435 g/mol. The summed E-state index contributed by atoms with van der Waals surface area (Å²) in [5.74, 6) is 5.07. The van der Waals surface area contributed by atoms with Crippen LogP contribution in [-0.2, 0) is 13.0 Å². The molecule has 1 atom stereocenters. The largest absolute Gasteiger partial charge is 0.347 e. The van der Waals surface area contributed by atoms with E-state index in [9.17, 15) is 9.59 Å². The molecule has 4 rings (SSSR count). The minimum Gasteiger partial charge on any atom is -0.347 e. The molecule has 2 amide bonds. The number of benzene rings is 2. The molecule has 1 aliphatic carbocycles. The first-order valence-corrected chi connectivity index (χ1v) is 10.5. The molecule has 2 N–H and O–H groups in total. The van der Waals surface area contributed by atoms with Crippen LogP contribution in [0.15, 0.2) is 54.9 Å². The van der Waals surface area contributed by atoms with E-state index in [4.69, 9.17) is 5.26 Å². The van der Waals surface area contributed by atoms with E-state index in [1.54, 1.807) is 13.0 Å². The molecule has 7 heteroatoms. The first kappa shape index (κ1) is 21.7. The zero-order valence-electron chi connectivity index (χ0n) is 18.1. The van der Waals surface area contributed by atoms with Crippen molar-refractivity contribution < 1.29 is 9.59 Å². The number of aryl methyl sites for hydroxylation is 1. The highest BCUT2D eigenvalue weighted by Crippen LogP contribution is 2.31. The Bertz CT molecular complexity index is 1330. The van der Waals surface area contributed by atoms with Crippen LogP contribution in [-0.4, -0.2) is 21.8 Å². The molecule has 0 saturated carbocycles. The number of rotatable bonds is 5. The van der Waals surface area contributed by atoms with Gasteiger partial charge in [-0.05, 0) is 60.7 Å². The van der Waals surface area contributed by atoms with Gasteiger partial charge in [-0.1, -0.05) is 24.1 Å². The molecule has 0 fully saturated rings. The fourth-order valence-electron chi connectivity index (χ4n) is 3.85. The van der Waals surface area contributed by atoms with E-state index in [0.717, 1.165) is 35.1 Å². The lowest BCUT2D eigenvalue weighted by Crippen LogP contribution is -2.29. The zero-order valence-corrected chi connectivity index (χ0v) is 18.1. The summed E-state index contributed by atoms with van der Waals surface area (Å²) in [4.78, 5) is 33.4. The summed E-state index contributed by atoms with van der Waals surface area (Å²) < 4.78 is 0. The van der Waals surface area contributed by atoms with Crippen LogP contribution in [0.5, 0.6) is 0 Å². The molecule has 0 bridgehead atoms. The topological polar surface area (TPSA) is 108 Å². The molecule has 0 saturated heterocycles. The van der Waals surface area contributed by atoms with Gasteiger partial charge in [-0.3, -0.25) is 9.59 Å². The SMILES string of the molecule is CC#Cc1cccc(CNC(=O)c2cc(C(=O)N[C@H]3CCc4cc(C#N)ccc43)ncn2)c1. The summed E-state index contributed by atoms with van der Waals surface area (Å²) in [5, 5.41) is 14.9. The lowest BCUT2D eigenvalue weighted by Gasteiger charge is -2.14. The van der Waals surface area contributed by atoms with Gasteiger partial charge in [0.2, 0.25) is 0 Å². The van der Waals surface area contributed by atoms with E-state index in [1.807, 2.05) is 36.4 Å². The number of carbonyl (C=O) groups is 2. The Labute approximate surface area is 191 Å². The normalized spacial score (nSPS) is 13.8. The fourth-order valence-corrected chi connectivity index (χ4v) is 3.85. The highest BCUT2D eigenvalue weighted by molar-refractivity contribution is 5.97. The minimum absolute atomic E-state index is 0.116. The third kappa shape index (κ3) is 5.06. The van der Waals surface area contributed by atoms with Gasteiger partial charge in [0.1, 0.15) is 17.7 Å². The first-order valence-electron chi connectivity index (χ1n) is 10.5. The summed E-state index contributed by atoms with van der Waals surface area (Å²) >= 11 is 0. The molecule has 1 aliphatic rings. The Morgan fingerprint density at radius 1 is 1.06 bits per heavy atom. The van der Waals surface area contributed by atoms with Crippen molar-refractivity contribution in [2.45, 2.75) is 32.4 Å². The van der Waals surface area contributed by atoms with E-state index in [-0.39, 0.29) is 23.3 Å². The Morgan fingerprint density at radius 3 is 2.67 bits per heavy atom. The molecule has 0 radical (unpaired) electrons. The predicted molar refractivity (Wildman–Crippen MR) is 122 cm³/mol. The Morgan fingerprint density at radius 2 is 1.88 bits per heavy atom. The molecule has 1 aromatic heterocycles. The van der Waals surface area contributed by atoms with Gasteiger partial charge in [0.05, 0.1) is 17.7 Å². The van der Waals surface area contributed by atoms with Gasteiger partial charge in [-0.25, -0.2) is 9.97 Å². The maximum Gasteiger partial charge on any atom is 0.270 e. The fraction of sp³-hybridized carbons (Fsp3) is 0.192. The van der Waals surface area contributed by atoms with Crippen LogP contribution >= 0.6 is 0 Å². The van der Waals surface area contributed by atoms with Crippen molar-refractivity contribution in [3.05, 3.63) is 94.1 Å². The van der Waals surface area contributed by atoms with Gasteiger partial charge < -0.3 is 10.6 Å². The van der Waals surface area contributed by atoms with Crippen LogP contribution in [0, 0.1) is 23.2 Å². The van der Waals surface area contributed by atoms with Crippen molar-refractivity contribution >= 4 is 11.8 Å². The number of carbonyl (C=O) groups excluding carboxylic acids is 2. The number of aromatic nitrogens is 2. The number of amides is 2. The summed E-state index contributed by atoms with van der Waals surface area (Å²) in [5.41, 5.74) is 4.71. The molecule has 33 heavy (non-hydrogen) atoms. The van der Waals surface area contributed by atoms with Crippen molar-refractivity contribution in [1.82, 2.24) is 20.6 Å². The standard InChI is InChI=1S/C26H21N5O2/c1-2-4-17-5-3-6-19(11-17)15-28-25(32)23-13-24(30-16-29-23)26(33)31-22-10-8-20-12-18(14-27)7-9-21(20)22/h3,5-7,9,11-13,16,22H,8,10,15H2,1H3,(H,28,32)(H,31,33)/t22-/m0/s1. The lowest BCUT2D eigenvalue weighted by atomic mass is 10.1. The van der Waals surface area contributed by atoms with Crippen LogP contribution < -0.4 is 10.6 Å². The van der Waals surface area contributed by atoms with Gasteiger partial charge in [-0.2, -0.15) is 5.26 Å². The summed E-state index contributed by atoms with van der Waals surface area (Å²) in [6, 6.07) is 16.5. The molecule has 0 unspecified atom stereocenters. The molecule has 3 aromatic rings. The first-order chi connectivity index (χ1) is 16.1. The summed E-state index contributed by atoms with van der Waals surface area (Å²) in [7, 11) is 0. The van der Waals surface area contributed by atoms with Crippen LogP contribution in [0.4, 0.5) is 0 Å². The van der Waals surface area contributed by atoms with E-state index in [0.29, 0.717) is 12.1 Å². The molecule has 7 nitrogen and oxygen atoms in total. The van der Waals surface area contributed by atoms with E-state index in [2.05, 4.69) is 38.5 Å². The van der Waals surface area contributed by atoms with Crippen molar-refractivity contribution in [2.75, 3.05) is 0 Å². The number of nitrogens with one attached hydrogen (secondary N) is 2. The second-order valence-electron chi connectivity index (χ2n) is 7.64. The zero-order chi connectivity index (χ0) is 23.2. The maximum atomic E-state index is 12.8. The average Bonchev–Trinajstić information content (AvgIpc) is 3.24. The quantitative estimate of drug-likeness (QED) is 0.599. The van der Waals surface area contributed by atoms with E-state index < -0.39 is 5.91 Å². The predicted octanol–water partition coefficient (Wildman–Crippen LogP) is 3.07. The second-order valence-corrected chi connectivity index (χ2v) is 7.64. The van der Waals surface area contributed by atoms with Crippen LogP contribution in [0.25, 0.3) is 0 Å². The number of nitriles is 1. The Balaban J connectivity index is 1.41.